The number of Topliss-reactive ketones (excluding diaryl/α,β-unsaturated/α-hetero) is 1. The molecule has 2 rings (SSSR count). The maximum Gasteiger partial charge on any atom is 0.237 e. The summed E-state index contributed by atoms with van der Waals surface area (Å²) in [5.74, 6) is -2.54. The molecule has 1 amide bonds. The summed E-state index contributed by atoms with van der Waals surface area (Å²) in [7, 11) is 0. The van der Waals surface area contributed by atoms with E-state index in [9.17, 15) is 18.4 Å². The molecule has 1 atom stereocenters. The molecule has 20 heavy (non-hydrogen) atoms. The van der Waals surface area contributed by atoms with Gasteiger partial charge in [-0.2, -0.15) is 0 Å². The normalized spacial score (nSPS) is 19.8. The van der Waals surface area contributed by atoms with Gasteiger partial charge in [0.25, 0.3) is 0 Å². The maximum atomic E-state index is 13.6. The lowest BCUT2D eigenvalue weighted by atomic mass is 10.1. The number of nitrogens with zero attached hydrogens (tertiary/aromatic N) is 1. The Balaban J connectivity index is 2.16. The Bertz CT molecular complexity index is 514. The molecule has 1 unspecified atom stereocenters. The molecule has 0 bridgehead atoms. The van der Waals surface area contributed by atoms with E-state index < -0.39 is 29.0 Å². The van der Waals surface area contributed by atoms with Gasteiger partial charge in [-0.15, -0.1) is 0 Å². The van der Waals surface area contributed by atoms with Gasteiger partial charge in [-0.05, 0) is 18.6 Å². The van der Waals surface area contributed by atoms with Crippen molar-refractivity contribution in [1.29, 1.82) is 0 Å². The number of hydrogen-bond donors (Lipinski definition) is 1. The van der Waals surface area contributed by atoms with Crippen molar-refractivity contribution >= 4 is 11.7 Å². The fraction of sp³-hybridized carbons (Fsp3) is 0.429. The van der Waals surface area contributed by atoms with E-state index >= 15 is 0 Å². The summed E-state index contributed by atoms with van der Waals surface area (Å²) in [4.78, 5) is 25.4. The first kappa shape index (κ1) is 14.6. The van der Waals surface area contributed by atoms with Crippen LogP contribution in [0.25, 0.3) is 0 Å². The fourth-order valence-corrected chi connectivity index (χ4v) is 2.42. The molecular formula is C14H16F2N2O2. The first-order chi connectivity index (χ1) is 9.54. The zero-order valence-electron chi connectivity index (χ0n) is 11.2. The second kappa shape index (κ2) is 6.09. The average molecular weight is 282 g/mol. The van der Waals surface area contributed by atoms with Gasteiger partial charge in [0.1, 0.15) is 11.6 Å². The highest BCUT2D eigenvalue weighted by Gasteiger charge is 2.30. The highest BCUT2D eigenvalue weighted by Crippen LogP contribution is 2.15. The van der Waals surface area contributed by atoms with Gasteiger partial charge >= 0.3 is 0 Å². The maximum absolute atomic E-state index is 13.6. The summed E-state index contributed by atoms with van der Waals surface area (Å²) >= 11 is 0. The van der Waals surface area contributed by atoms with Crippen molar-refractivity contribution in [3.8, 4) is 0 Å². The van der Waals surface area contributed by atoms with Crippen LogP contribution in [0.4, 0.5) is 8.78 Å². The minimum absolute atomic E-state index is 0.152. The van der Waals surface area contributed by atoms with Crippen LogP contribution in [0.1, 0.15) is 23.7 Å². The largest absolute Gasteiger partial charge is 0.353 e. The lowest BCUT2D eigenvalue weighted by Gasteiger charge is -2.33. The third kappa shape index (κ3) is 2.85. The molecule has 1 heterocycles. The molecule has 1 fully saturated rings. The number of carbonyl (C=O) groups excluding carboxylic acids is 2. The number of nitrogens with one attached hydrogen (secondary N) is 1. The zero-order chi connectivity index (χ0) is 14.7. The van der Waals surface area contributed by atoms with Crippen LogP contribution in [0.5, 0.6) is 0 Å². The van der Waals surface area contributed by atoms with Crippen LogP contribution in [0.15, 0.2) is 18.2 Å². The molecule has 0 aromatic heterocycles. The molecule has 1 N–H and O–H groups in total. The second-order valence-corrected chi connectivity index (χ2v) is 4.71. The molecule has 1 aliphatic heterocycles. The van der Waals surface area contributed by atoms with Gasteiger partial charge in [0, 0.05) is 13.1 Å². The minimum Gasteiger partial charge on any atom is -0.353 e. The van der Waals surface area contributed by atoms with Crippen LogP contribution in [-0.2, 0) is 4.79 Å². The number of rotatable bonds is 4. The molecule has 0 saturated carbocycles. The molecule has 4 nitrogen and oxygen atoms in total. The van der Waals surface area contributed by atoms with Crippen LogP contribution in [0.3, 0.4) is 0 Å². The average Bonchev–Trinajstić information content (AvgIpc) is 2.38. The standard InChI is InChI=1S/C14H16F2N2O2/c1-2-11-14(20)17-6-7-18(11)8-12(19)13-9(15)4-3-5-10(13)16/h3-5,11H,2,6-8H2,1H3,(H,17,20). The van der Waals surface area contributed by atoms with Crippen molar-refractivity contribution in [3.63, 3.8) is 0 Å². The molecule has 108 valence electrons. The lowest BCUT2D eigenvalue weighted by Crippen LogP contribution is -2.56. The van der Waals surface area contributed by atoms with E-state index in [1.807, 2.05) is 6.92 Å². The number of hydrogen-bond acceptors (Lipinski definition) is 3. The van der Waals surface area contributed by atoms with E-state index in [4.69, 9.17) is 0 Å². The number of halogens is 2. The van der Waals surface area contributed by atoms with Crippen LogP contribution in [-0.4, -0.2) is 42.3 Å². The van der Waals surface area contributed by atoms with Crippen LogP contribution < -0.4 is 5.32 Å². The summed E-state index contributed by atoms with van der Waals surface area (Å²) in [6, 6.07) is 2.89. The monoisotopic (exact) mass is 282 g/mol. The highest BCUT2D eigenvalue weighted by molar-refractivity contribution is 5.98. The Morgan fingerprint density at radius 2 is 2.05 bits per heavy atom. The molecule has 6 heteroatoms. The summed E-state index contributed by atoms with van der Waals surface area (Å²) in [5, 5.41) is 2.71. The van der Waals surface area contributed by atoms with Crippen LogP contribution in [0, 0.1) is 11.6 Å². The SMILES string of the molecule is CCC1C(=O)NCCN1CC(=O)c1c(F)cccc1F. The van der Waals surface area contributed by atoms with Crippen molar-refractivity contribution in [3.05, 3.63) is 35.4 Å². The van der Waals surface area contributed by atoms with E-state index in [2.05, 4.69) is 5.32 Å². The van der Waals surface area contributed by atoms with E-state index in [0.29, 0.717) is 19.5 Å². The number of amides is 1. The van der Waals surface area contributed by atoms with Gasteiger partial charge in [0.15, 0.2) is 5.78 Å². The first-order valence-electron chi connectivity index (χ1n) is 6.53. The molecule has 1 aromatic carbocycles. The molecule has 0 aliphatic carbocycles. The van der Waals surface area contributed by atoms with E-state index in [-0.39, 0.29) is 12.5 Å². The molecular weight excluding hydrogens is 266 g/mol. The third-order valence-corrected chi connectivity index (χ3v) is 3.42. The molecule has 0 spiro atoms. The van der Waals surface area contributed by atoms with Gasteiger partial charge in [-0.3, -0.25) is 14.5 Å². The molecule has 0 radical (unpaired) electrons. The predicted octanol–water partition coefficient (Wildman–Crippen LogP) is 1.36. The van der Waals surface area contributed by atoms with Gasteiger partial charge in [-0.1, -0.05) is 13.0 Å². The van der Waals surface area contributed by atoms with E-state index in [1.54, 1.807) is 4.90 Å². The van der Waals surface area contributed by atoms with Gasteiger partial charge in [-0.25, -0.2) is 8.78 Å². The van der Waals surface area contributed by atoms with Crippen molar-refractivity contribution in [2.24, 2.45) is 0 Å². The molecule has 1 aliphatic rings. The lowest BCUT2D eigenvalue weighted by molar-refractivity contribution is -0.128. The topological polar surface area (TPSA) is 49.4 Å². The van der Waals surface area contributed by atoms with Gasteiger partial charge in [0.2, 0.25) is 5.91 Å². The van der Waals surface area contributed by atoms with Crippen LogP contribution in [0.2, 0.25) is 0 Å². The molecule has 1 aromatic rings. The minimum atomic E-state index is -0.871. The Morgan fingerprint density at radius 3 is 2.65 bits per heavy atom. The second-order valence-electron chi connectivity index (χ2n) is 4.71. The Labute approximate surface area is 115 Å². The van der Waals surface area contributed by atoms with E-state index in [1.165, 1.54) is 6.07 Å². The van der Waals surface area contributed by atoms with Gasteiger partial charge < -0.3 is 5.32 Å². The Hall–Kier alpha value is -1.82. The Kier molecular flexibility index (Phi) is 4.44. The van der Waals surface area contributed by atoms with Crippen molar-refractivity contribution in [2.75, 3.05) is 19.6 Å². The quantitative estimate of drug-likeness (QED) is 0.848. The third-order valence-electron chi connectivity index (χ3n) is 3.42. The van der Waals surface area contributed by atoms with Crippen molar-refractivity contribution < 1.29 is 18.4 Å². The zero-order valence-corrected chi connectivity index (χ0v) is 11.2. The predicted molar refractivity (Wildman–Crippen MR) is 69.4 cm³/mol. The number of ketones is 1. The molecule has 1 saturated heterocycles. The number of benzene rings is 1. The summed E-state index contributed by atoms with van der Waals surface area (Å²) in [5.41, 5.74) is -0.534. The summed E-state index contributed by atoms with van der Waals surface area (Å²) < 4.78 is 27.1. The van der Waals surface area contributed by atoms with Crippen molar-refractivity contribution in [2.45, 2.75) is 19.4 Å². The Morgan fingerprint density at radius 1 is 1.40 bits per heavy atom. The number of piperazine rings is 1. The fourth-order valence-electron chi connectivity index (χ4n) is 2.42. The van der Waals surface area contributed by atoms with Crippen molar-refractivity contribution in [1.82, 2.24) is 10.2 Å². The smallest absolute Gasteiger partial charge is 0.237 e. The van der Waals surface area contributed by atoms with E-state index in [0.717, 1.165) is 12.1 Å². The number of carbonyl (C=O) groups is 2. The summed E-state index contributed by atoms with van der Waals surface area (Å²) in [6.45, 7) is 2.59. The summed E-state index contributed by atoms with van der Waals surface area (Å²) in [6.07, 6.45) is 0.541. The first-order valence-corrected chi connectivity index (χ1v) is 6.53. The highest BCUT2D eigenvalue weighted by atomic mass is 19.1. The van der Waals surface area contributed by atoms with Crippen LogP contribution >= 0.6 is 0 Å². The van der Waals surface area contributed by atoms with Gasteiger partial charge in [0.05, 0.1) is 18.2 Å².